The first-order valence-electron chi connectivity index (χ1n) is 12.4. The number of allylic oxidation sites excluding steroid dienone is 4. The zero-order valence-corrected chi connectivity index (χ0v) is 22.0. The average molecular weight is 485 g/mol. The van der Waals surface area contributed by atoms with Crippen LogP contribution in [0, 0.1) is 12.3 Å². The first-order valence-corrected chi connectivity index (χ1v) is 12.4. The summed E-state index contributed by atoms with van der Waals surface area (Å²) >= 11 is 0. The predicted molar refractivity (Wildman–Crippen MR) is 154 cm³/mol. The van der Waals surface area contributed by atoms with Crippen molar-refractivity contribution >= 4 is 12.2 Å². The first-order chi connectivity index (χ1) is 17.5. The van der Waals surface area contributed by atoms with E-state index in [9.17, 15) is 0 Å². The number of rotatable bonds is 15. The van der Waals surface area contributed by atoms with Gasteiger partial charge >= 0.3 is 0 Å². The number of likely N-dealkylation sites (N-methyl/N-ethyl adjacent to an activating group) is 1. The lowest BCUT2D eigenvalue weighted by atomic mass is 10.2. The van der Waals surface area contributed by atoms with Crippen LogP contribution in [0.25, 0.3) is 23.4 Å². The highest BCUT2D eigenvalue weighted by molar-refractivity contribution is 5.60. The largest absolute Gasteiger partial charge is 0.373 e. The van der Waals surface area contributed by atoms with Gasteiger partial charge in [-0.15, -0.1) is 6.42 Å². The molecule has 0 saturated heterocycles. The zero-order chi connectivity index (χ0) is 26.2. The fourth-order valence-corrected chi connectivity index (χ4v) is 3.57. The van der Waals surface area contributed by atoms with E-state index in [0.29, 0.717) is 13.2 Å². The van der Waals surface area contributed by atoms with Crippen molar-refractivity contribution in [2.24, 2.45) is 0 Å². The van der Waals surface area contributed by atoms with Crippen LogP contribution >= 0.6 is 0 Å². The number of ether oxygens (including phenoxy) is 1. The van der Waals surface area contributed by atoms with Gasteiger partial charge in [0.2, 0.25) is 0 Å². The minimum Gasteiger partial charge on any atom is -0.373 e. The molecule has 2 aromatic heterocycles. The van der Waals surface area contributed by atoms with Gasteiger partial charge in [0, 0.05) is 47.7 Å². The van der Waals surface area contributed by atoms with Crippen LogP contribution < -0.4 is 10.6 Å². The molecule has 0 aliphatic rings. The van der Waals surface area contributed by atoms with Crippen LogP contribution in [-0.4, -0.2) is 66.7 Å². The van der Waals surface area contributed by atoms with Crippen molar-refractivity contribution in [3.8, 4) is 23.6 Å². The highest BCUT2D eigenvalue weighted by Gasteiger charge is 2.08. The molecule has 0 aliphatic heterocycles. The molecular weight excluding hydrogens is 444 g/mol. The Labute approximate surface area is 216 Å². The van der Waals surface area contributed by atoms with Gasteiger partial charge < -0.3 is 14.6 Å². The Bertz CT molecular complexity index is 1180. The smallest absolute Gasteiger partial charge is 0.0715 e. The second-order valence-corrected chi connectivity index (χ2v) is 8.84. The molecule has 0 radical (unpaired) electrons. The summed E-state index contributed by atoms with van der Waals surface area (Å²) in [7, 11) is 4.21. The maximum atomic E-state index is 5.76. The van der Waals surface area contributed by atoms with Crippen LogP contribution in [0.15, 0.2) is 73.5 Å². The minimum atomic E-state index is 0.443. The lowest BCUT2D eigenvalue weighted by molar-refractivity contribution is 0.197. The Morgan fingerprint density at radius 2 is 2.03 bits per heavy atom. The Morgan fingerprint density at radius 3 is 2.69 bits per heavy atom. The van der Waals surface area contributed by atoms with Crippen LogP contribution in [0.4, 0.5) is 0 Å². The zero-order valence-electron chi connectivity index (χ0n) is 22.0. The molecular formula is C31H40N4O. The Balaban J connectivity index is 2.07. The number of H-pyrrole nitrogens is 1. The van der Waals surface area contributed by atoms with Crippen LogP contribution in [0.2, 0.25) is 0 Å². The highest BCUT2D eigenvalue weighted by atomic mass is 16.5. The summed E-state index contributed by atoms with van der Waals surface area (Å²) in [5.74, 6) is 2.63. The summed E-state index contributed by atoms with van der Waals surface area (Å²) < 4.78 is 5.76. The number of pyridine rings is 1. The summed E-state index contributed by atoms with van der Waals surface area (Å²) in [6.07, 6.45) is 21.7. The van der Waals surface area contributed by atoms with Gasteiger partial charge in [-0.3, -0.25) is 9.88 Å². The van der Waals surface area contributed by atoms with E-state index in [-0.39, 0.29) is 0 Å². The van der Waals surface area contributed by atoms with E-state index in [1.165, 1.54) is 0 Å². The quantitative estimate of drug-likeness (QED) is 0.236. The summed E-state index contributed by atoms with van der Waals surface area (Å²) in [6, 6.07) is 6.27. The van der Waals surface area contributed by atoms with Crippen molar-refractivity contribution < 1.29 is 4.74 Å². The number of nitrogens with one attached hydrogen (secondary N) is 1. The number of aromatic amines is 1. The maximum absolute atomic E-state index is 5.76. The van der Waals surface area contributed by atoms with Crippen molar-refractivity contribution in [1.82, 2.24) is 19.8 Å². The van der Waals surface area contributed by atoms with E-state index < -0.39 is 0 Å². The third-order valence-electron chi connectivity index (χ3n) is 5.43. The average Bonchev–Trinajstić information content (AvgIpc) is 3.26. The molecule has 2 heterocycles. The lowest BCUT2D eigenvalue weighted by Gasteiger charge is -2.23. The van der Waals surface area contributed by atoms with Crippen LogP contribution in [0.3, 0.4) is 0 Å². The number of nitrogens with zero attached hydrogens (tertiary/aromatic N) is 3. The van der Waals surface area contributed by atoms with E-state index in [1.54, 1.807) is 12.2 Å². The second-order valence-electron chi connectivity index (χ2n) is 8.84. The molecule has 0 aromatic carbocycles. The normalized spacial score (nSPS) is 12.9. The molecule has 0 fully saturated rings. The number of hydrogen-bond donors (Lipinski definition) is 1. The molecule has 1 N–H and O–H groups in total. The van der Waals surface area contributed by atoms with Gasteiger partial charge in [-0.2, -0.15) is 0 Å². The molecule has 0 amide bonds. The lowest BCUT2D eigenvalue weighted by Crippen LogP contribution is -2.32. The van der Waals surface area contributed by atoms with E-state index in [2.05, 4.69) is 73.1 Å². The van der Waals surface area contributed by atoms with E-state index in [4.69, 9.17) is 16.1 Å². The molecule has 0 spiro atoms. The number of hydrogen-bond acceptors (Lipinski definition) is 4. The molecule has 5 nitrogen and oxygen atoms in total. The standard InChI is InChI=1S/C31H40N4O/c1-7-10-11-12-14-26(4)25-36-21-17-30-27(13-8-2)22-31(33-30)28-15-16-29(32-23-28)24-35(18-9-3)20-19-34(5)6/h2,7,10-17,22-23,33H,1,4,9,18-21,24-25H2,3,5-6H3/b11-10-,14-12-,27-13-,30-17+. The van der Waals surface area contributed by atoms with Crippen LogP contribution in [0.5, 0.6) is 0 Å². The molecule has 0 atom stereocenters. The molecule has 0 unspecified atom stereocenters. The van der Waals surface area contributed by atoms with Crippen LogP contribution in [-0.2, 0) is 11.3 Å². The van der Waals surface area contributed by atoms with Gasteiger partial charge in [-0.1, -0.05) is 56.4 Å². The molecule has 0 bridgehead atoms. The fraction of sp³-hybridized carbons (Fsp3) is 0.323. The molecule has 0 aliphatic carbocycles. The summed E-state index contributed by atoms with van der Waals surface area (Å²) in [5, 5.41) is 1.88. The molecule has 2 aromatic rings. The minimum absolute atomic E-state index is 0.443. The Hall–Kier alpha value is -3.43. The summed E-state index contributed by atoms with van der Waals surface area (Å²) in [6.45, 7) is 14.7. The molecule has 5 heteroatoms. The maximum Gasteiger partial charge on any atom is 0.0715 e. The number of terminal acetylenes is 1. The second kappa shape index (κ2) is 16.3. The van der Waals surface area contributed by atoms with Gasteiger partial charge in [0.05, 0.1) is 18.9 Å². The van der Waals surface area contributed by atoms with Gasteiger partial charge in [0.25, 0.3) is 0 Å². The van der Waals surface area contributed by atoms with Gasteiger partial charge in [0.15, 0.2) is 0 Å². The third kappa shape index (κ3) is 10.5. The SMILES string of the molecule is C#C/C=c1/cc(-c2ccc(CN(CCC)CCN(C)C)nc2)[nH]/c1=C/COCC(=C)/C=C\C=C/C=C. The predicted octanol–water partition coefficient (Wildman–Crippen LogP) is 3.92. The van der Waals surface area contributed by atoms with E-state index >= 15 is 0 Å². The molecule has 190 valence electrons. The van der Waals surface area contributed by atoms with E-state index in [1.807, 2.05) is 36.6 Å². The Morgan fingerprint density at radius 1 is 1.19 bits per heavy atom. The monoisotopic (exact) mass is 484 g/mol. The molecule has 0 saturated carbocycles. The molecule has 2 rings (SSSR count). The molecule has 36 heavy (non-hydrogen) atoms. The fourth-order valence-electron chi connectivity index (χ4n) is 3.57. The van der Waals surface area contributed by atoms with Crippen molar-refractivity contribution in [3.63, 3.8) is 0 Å². The van der Waals surface area contributed by atoms with Crippen molar-refractivity contribution in [3.05, 3.63) is 89.8 Å². The highest BCUT2D eigenvalue weighted by Crippen LogP contribution is 2.14. The van der Waals surface area contributed by atoms with Gasteiger partial charge in [-0.05, 0) is 63.0 Å². The van der Waals surface area contributed by atoms with Crippen molar-refractivity contribution in [2.75, 3.05) is 46.9 Å². The summed E-state index contributed by atoms with van der Waals surface area (Å²) in [5.41, 5.74) is 3.96. The van der Waals surface area contributed by atoms with Gasteiger partial charge in [-0.25, -0.2) is 0 Å². The first kappa shape index (κ1) is 28.8. The Kier molecular flexibility index (Phi) is 13.0. The van der Waals surface area contributed by atoms with Crippen LogP contribution in [0.1, 0.15) is 19.0 Å². The summed E-state index contributed by atoms with van der Waals surface area (Å²) in [4.78, 5) is 12.9. The topological polar surface area (TPSA) is 44.4 Å². The third-order valence-corrected chi connectivity index (χ3v) is 5.43. The van der Waals surface area contributed by atoms with Gasteiger partial charge in [0.1, 0.15) is 0 Å². The van der Waals surface area contributed by atoms with Crippen molar-refractivity contribution in [2.45, 2.75) is 19.9 Å². The van der Waals surface area contributed by atoms with E-state index in [0.717, 1.165) is 65.7 Å². The number of aromatic nitrogens is 2. The van der Waals surface area contributed by atoms with Crippen molar-refractivity contribution in [1.29, 1.82) is 0 Å².